The first-order valence-corrected chi connectivity index (χ1v) is 17.4. The van der Waals surface area contributed by atoms with Crippen molar-refractivity contribution in [3.8, 4) is 0 Å². The van der Waals surface area contributed by atoms with Crippen LogP contribution in [0.3, 0.4) is 0 Å². The summed E-state index contributed by atoms with van der Waals surface area (Å²) in [6.07, 6.45) is 21.5. The number of pyridine rings is 1. The standard InChI is InChI=1S/C42H46N6/c1-4-9-35-34(5-2)33(23-31-17-16-30-10-8-20-46-42(30)41(31)43)26-37(47-35)29-14-12-28(13-15-29)32-24-39(36-11-6-7-19-44-36)48-40(25-32)38-22-27(3)18-21-45-38/h6-8,10-19,22-25,37,40,45-48H,4-5,9,20-21,26,43H2,1-3H3/b33-23+. The Morgan fingerprint density at radius 2 is 1.83 bits per heavy atom. The molecule has 6 nitrogen and oxygen atoms in total. The van der Waals surface area contributed by atoms with Crippen LogP contribution >= 0.6 is 0 Å². The molecule has 244 valence electrons. The number of aromatic nitrogens is 1. The minimum absolute atomic E-state index is 0.0227. The van der Waals surface area contributed by atoms with Gasteiger partial charge in [0.2, 0.25) is 0 Å². The normalized spacial score (nSPS) is 21.1. The largest absolute Gasteiger partial charge is 0.397 e. The molecule has 2 aromatic carbocycles. The summed E-state index contributed by atoms with van der Waals surface area (Å²) in [6, 6.07) is 19.7. The number of nitrogen functional groups attached to an aromatic ring is 1. The molecule has 0 saturated heterocycles. The SMILES string of the molecule is CCCC1=C(CC)/C(=C/c2ccc3c(c2N)NCC=C3)CC(c2ccc(C3=CC(C4=CC(C)=CCN4)NC(c4ccccn4)=C3)cc2)N1. The van der Waals surface area contributed by atoms with E-state index in [1.807, 2.05) is 18.3 Å². The highest BCUT2D eigenvalue weighted by Crippen LogP contribution is 2.39. The molecule has 4 aliphatic heterocycles. The van der Waals surface area contributed by atoms with E-state index in [9.17, 15) is 0 Å². The van der Waals surface area contributed by atoms with Gasteiger partial charge in [-0.05, 0) is 102 Å². The quantitative estimate of drug-likeness (QED) is 0.160. The van der Waals surface area contributed by atoms with Crippen LogP contribution in [0.1, 0.15) is 80.4 Å². The van der Waals surface area contributed by atoms with E-state index in [4.69, 9.17) is 5.73 Å². The second-order valence-corrected chi connectivity index (χ2v) is 13.0. The van der Waals surface area contributed by atoms with Gasteiger partial charge in [0, 0.05) is 30.7 Å². The molecule has 48 heavy (non-hydrogen) atoms. The number of rotatable bonds is 8. The maximum Gasteiger partial charge on any atom is 0.0861 e. The Hall–Kier alpha value is -5.23. The van der Waals surface area contributed by atoms with Gasteiger partial charge >= 0.3 is 0 Å². The molecule has 1 aromatic heterocycles. The lowest BCUT2D eigenvalue weighted by atomic mass is 9.85. The summed E-state index contributed by atoms with van der Waals surface area (Å²) in [5.74, 6) is 0. The fourth-order valence-corrected chi connectivity index (χ4v) is 7.24. The first-order chi connectivity index (χ1) is 23.5. The Balaban J connectivity index is 1.21. The molecule has 5 heterocycles. The number of benzene rings is 2. The molecule has 0 fully saturated rings. The smallest absolute Gasteiger partial charge is 0.0861 e. The van der Waals surface area contributed by atoms with Crippen molar-refractivity contribution in [1.82, 2.24) is 20.9 Å². The van der Waals surface area contributed by atoms with Gasteiger partial charge in [0.1, 0.15) is 0 Å². The second-order valence-electron chi connectivity index (χ2n) is 13.0. The van der Waals surface area contributed by atoms with Crippen LogP contribution in [0.2, 0.25) is 0 Å². The summed E-state index contributed by atoms with van der Waals surface area (Å²) in [5.41, 5.74) is 23.1. The first kappa shape index (κ1) is 31.4. The highest BCUT2D eigenvalue weighted by atomic mass is 15.0. The summed E-state index contributed by atoms with van der Waals surface area (Å²) >= 11 is 0. The summed E-state index contributed by atoms with van der Waals surface area (Å²) in [6.45, 7) is 8.32. The first-order valence-electron chi connectivity index (χ1n) is 17.4. The fourth-order valence-electron chi connectivity index (χ4n) is 7.24. The number of dihydropyridines is 2. The van der Waals surface area contributed by atoms with Crippen LogP contribution in [0.5, 0.6) is 0 Å². The molecule has 0 spiro atoms. The predicted molar refractivity (Wildman–Crippen MR) is 202 cm³/mol. The lowest BCUT2D eigenvalue weighted by Gasteiger charge is -2.32. The minimum atomic E-state index is 0.0227. The predicted octanol–water partition coefficient (Wildman–Crippen LogP) is 8.51. The highest BCUT2D eigenvalue weighted by Gasteiger charge is 2.26. The molecular formula is C42H46N6. The van der Waals surface area contributed by atoms with E-state index in [0.717, 1.165) is 72.7 Å². The van der Waals surface area contributed by atoms with Crippen LogP contribution in [0.4, 0.5) is 11.4 Å². The second kappa shape index (κ2) is 13.9. The van der Waals surface area contributed by atoms with Crippen molar-refractivity contribution in [3.05, 3.63) is 147 Å². The lowest BCUT2D eigenvalue weighted by molar-refractivity contribution is 0.542. The average Bonchev–Trinajstić information content (AvgIpc) is 3.13. The van der Waals surface area contributed by atoms with Gasteiger partial charge < -0.3 is 27.0 Å². The van der Waals surface area contributed by atoms with Crippen molar-refractivity contribution in [2.75, 3.05) is 24.1 Å². The Kier molecular flexibility index (Phi) is 9.06. The van der Waals surface area contributed by atoms with Gasteiger partial charge in [0.25, 0.3) is 0 Å². The minimum Gasteiger partial charge on any atom is -0.397 e. The van der Waals surface area contributed by atoms with Gasteiger partial charge in [-0.1, -0.05) is 86.5 Å². The van der Waals surface area contributed by atoms with Gasteiger partial charge in [0.15, 0.2) is 0 Å². The molecule has 7 rings (SSSR count). The highest BCUT2D eigenvalue weighted by molar-refractivity contribution is 5.87. The molecule has 0 aliphatic carbocycles. The number of hydrogen-bond acceptors (Lipinski definition) is 6. The van der Waals surface area contributed by atoms with E-state index < -0.39 is 0 Å². The summed E-state index contributed by atoms with van der Waals surface area (Å²) in [4.78, 5) is 4.66. The van der Waals surface area contributed by atoms with Crippen molar-refractivity contribution in [3.63, 3.8) is 0 Å². The van der Waals surface area contributed by atoms with E-state index in [-0.39, 0.29) is 12.1 Å². The monoisotopic (exact) mass is 634 g/mol. The fraction of sp³-hybridized carbons (Fsp3) is 0.262. The Morgan fingerprint density at radius 3 is 2.60 bits per heavy atom. The molecule has 2 atom stereocenters. The third-order valence-electron chi connectivity index (χ3n) is 9.71. The van der Waals surface area contributed by atoms with E-state index in [2.05, 4.69) is 132 Å². The van der Waals surface area contributed by atoms with Crippen LogP contribution in [0.15, 0.2) is 119 Å². The van der Waals surface area contributed by atoms with Crippen molar-refractivity contribution in [2.24, 2.45) is 0 Å². The van der Waals surface area contributed by atoms with E-state index in [1.165, 1.54) is 44.8 Å². The third-order valence-corrected chi connectivity index (χ3v) is 9.71. The molecule has 0 radical (unpaired) electrons. The Morgan fingerprint density at radius 1 is 0.958 bits per heavy atom. The zero-order chi connectivity index (χ0) is 33.0. The number of nitrogens with one attached hydrogen (secondary N) is 4. The zero-order valence-corrected chi connectivity index (χ0v) is 28.2. The number of nitrogens with two attached hydrogens (primary N) is 1. The van der Waals surface area contributed by atoms with E-state index in [1.54, 1.807) is 0 Å². The zero-order valence-electron chi connectivity index (χ0n) is 28.2. The van der Waals surface area contributed by atoms with Crippen LogP contribution in [-0.2, 0) is 0 Å². The van der Waals surface area contributed by atoms with Crippen molar-refractivity contribution < 1.29 is 0 Å². The van der Waals surface area contributed by atoms with Gasteiger partial charge in [-0.25, -0.2) is 0 Å². The number of nitrogens with zero attached hydrogens (tertiary/aromatic N) is 1. The number of allylic oxidation sites excluding steroid dienone is 6. The van der Waals surface area contributed by atoms with Crippen LogP contribution in [0.25, 0.3) is 23.4 Å². The summed E-state index contributed by atoms with van der Waals surface area (Å²) < 4.78 is 0. The Bertz CT molecular complexity index is 1900. The molecule has 0 amide bonds. The van der Waals surface area contributed by atoms with Crippen LogP contribution in [-0.4, -0.2) is 24.1 Å². The van der Waals surface area contributed by atoms with E-state index in [0.29, 0.717) is 0 Å². The van der Waals surface area contributed by atoms with Crippen molar-refractivity contribution >= 4 is 34.8 Å². The number of hydrogen-bond donors (Lipinski definition) is 5. The Labute approximate surface area is 285 Å². The molecule has 6 heteroatoms. The van der Waals surface area contributed by atoms with Crippen LogP contribution in [0, 0.1) is 0 Å². The molecular weight excluding hydrogens is 589 g/mol. The van der Waals surface area contributed by atoms with Gasteiger partial charge in [-0.15, -0.1) is 0 Å². The summed E-state index contributed by atoms with van der Waals surface area (Å²) in [7, 11) is 0. The molecule has 3 aromatic rings. The van der Waals surface area contributed by atoms with Gasteiger partial charge in [-0.3, -0.25) is 4.98 Å². The van der Waals surface area contributed by atoms with Crippen molar-refractivity contribution in [2.45, 2.75) is 58.5 Å². The molecule has 2 unspecified atom stereocenters. The van der Waals surface area contributed by atoms with Gasteiger partial charge in [0.05, 0.1) is 34.8 Å². The number of anilines is 2. The maximum atomic E-state index is 6.74. The topological polar surface area (TPSA) is 87.0 Å². The average molecular weight is 635 g/mol. The summed E-state index contributed by atoms with van der Waals surface area (Å²) in [5, 5.41) is 14.7. The third kappa shape index (κ3) is 6.48. The van der Waals surface area contributed by atoms with Crippen LogP contribution < -0.4 is 27.0 Å². The van der Waals surface area contributed by atoms with E-state index >= 15 is 0 Å². The van der Waals surface area contributed by atoms with Crippen molar-refractivity contribution in [1.29, 1.82) is 0 Å². The molecule has 0 bridgehead atoms. The van der Waals surface area contributed by atoms with Gasteiger partial charge in [-0.2, -0.15) is 0 Å². The lowest BCUT2D eigenvalue weighted by Crippen LogP contribution is -2.37. The molecule has 4 aliphatic rings. The molecule has 0 saturated carbocycles. The molecule has 6 N–H and O–H groups in total. The number of fused-ring (bicyclic) bond motifs is 1. The maximum absolute atomic E-state index is 6.74.